The quantitative estimate of drug-likeness (QED) is 0.510. The van der Waals surface area contributed by atoms with Crippen molar-refractivity contribution >= 4 is 11.9 Å². The molecule has 0 amide bonds. The van der Waals surface area contributed by atoms with Gasteiger partial charge in [-0.25, -0.2) is 4.79 Å². The SMILES string of the molecule is CC1(C(=O)O)C=CC=C(C(=O)O)C1.CCC(O)C[N+](=O)[O-]. The Morgan fingerprint density at radius 2 is 2.05 bits per heavy atom. The molecule has 0 aliphatic heterocycles. The molecule has 2 unspecified atom stereocenters. The third kappa shape index (κ3) is 6.66. The van der Waals surface area contributed by atoms with Crippen LogP contribution in [0.15, 0.2) is 23.8 Å². The van der Waals surface area contributed by atoms with Gasteiger partial charge in [0.25, 0.3) is 0 Å². The Labute approximate surface area is 121 Å². The van der Waals surface area contributed by atoms with Crippen molar-refractivity contribution in [2.24, 2.45) is 5.41 Å². The maximum atomic E-state index is 10.8. The summed E-state index contributed by atoms with van der Waals surface area (Å²) in [6, 6.07) is 0. The minimum atomic E-state index is -1.08. The number of aliphatic hydroxyl groups excluding tert-OH is 1. The molecular weight excluding hydrogens is 282 g/mol. The molecule has 2 atom stereocenters. The van der Waals surface area contributed by atoms with E-state index in [2.05, 4.69) is 0 Å². The van der Waals surface area contributed by atoms with Gasteiger partial charge in [-0.2, -0.15) is 0 Å². The van der Waals surface area contributed by atoms with E-state index in [0.717, 1.165) is 0 Å². The number of nitro groups is 1. The second-order valence-electron chi connectivity index (χ2n) is 4.83. The molecule has 0 aromatic rings. The van der Waals surface area contributed by atoms with Crippen molar-refractivity contribution in [2.45, 2.75) is 32.8 Å². The highest BCUT2D eigenvalue weighted by Crippen LogP contribution is 2.31. The molecule has 8 heteroatoms. The summed E-state index contributed by atoms with van der Waals surface area (Å²) in [6.45, 7) is 2.87. The largest absolute Gasteiger partial charge is 0.481 e. The number of aliphatic hydroxyl groups is 1. The number of hydrogen-bond acceptors (Lipinski definition) is 5. The summed E-state index contributed by atoms with van der Waals surface area (Å²) < 4.78 is 0. The van der Waals surface area contributed by atoms with Crippen LogP contribution in [-0.2, 0) is 9.59 Å². The van der Waals surface area contributed by atoms with Gasteiger partial charge in [-0.15, -0.1) is 0 Å². The Kier molecular flexibility index (Phi) is 7.29. The molecule has 0 aromatic heterocycles. The van der Waals surface area contributed by atoms with E-state index in [9.17, 15) is 19.7 Å². The molecule has 1 rings (SSSR count). The third-order valence-electron chi connectivity index (χ3n) is 2.91. The van der Waals surface area contributed by atoms with Crippen molar-refractivity contribution in [2.75, 3.05) is 6.54 Å². The van der Waals surface area contributed by atoms with Crippen LogP contribution in [0.25, 0.3) is 0 Å². The summed E-state index contributed by atoms with van der Waals surface area (Å²) in [5.74, 6) is -2.06. The zero-order valence-corrected chi connectivity index (χ0v) is 11.9. The number of aliphatic carboxylic acids is 2. The fourth-order valence-corrected chi connectivity index (χ4v) is 1.49. The van der Waals surface area contributed by atoms with Crippen LogP contribution in [0.2, 0.25) is 0 Å². The number of allylic oxidation sites excluding steroid dienone is 2. The maximum Gasteiger partial charge on any atom is 0.331 e. The number of rotatable bonds is 5. The fourth-order valence-electron chi connectivity index (χ4n) is 1.49. The van der Waals surface area contributed by atoms with Gasteiger partial charge in [-0.1, -0.05) is 25.2 Å². The molecule has 0 heterocycles. The van der Waals surface area contributed by atoms with E-state index in [1.165, 1.54) is 25.2 Å². The van der Waals surface area contributed by atoms with Gasteiger partial charge in [0.05, 0.1) is 5.41 Å². The molecule has 0 saturated carbocycles. The molecule has 0 fully saturated rings. The molecular formula is C13H19NO7. The second-order valence-corrected chi connectivity index (χ2v) is 4.83. The molecule has 0 spiro atoms. The first kappa shape index (κ1) is 18.8. The molecule has 3 N–H and O–H groups in total. The van der Waals surface area contributed by atoms with Gasteiger partial charge in [0.15, 0.2) is 0 Å². The van der Waals surface area contributed by atoms with Crippen molar-refractivity contribution in [3.05, 3.63) is 33.9 Å². The summed E-state index contributed by atoms with van der Waals surface area (Å²) >= 11 is 0. The number of hydrogen-bond donors (Lipinski definition) is 3. The topological polar surface area (TPSA) is 138 Å². The molecule has 118 valence electrons. The van der Waals surface area contributed by atoms with Gasteiger partial charge in [0.2, 0.25) is 6.54 Å². The Bertz CT molecular complexity index is 469. The van der Waals surface area contributed by atoms with Crippen LogP contribution < -0.4 is 0 Å². The van der Waals surface area contributed by atoms with E-state index in [1.807, 2.05) is 0 Å². The second kappa shape index (κ2) is 8.15. The molecule has 1 aliphatic carbocycles. The average molecular weight is 301 g/mol. The summed E-state index contributed by atoms with van der Waals surface area (Å²) in [7, 11) is 0. The Hall–Kier alpha value is -2.22. The van der Waals surface area contributed by atoms with Gasteiger partial charge in [0.1, 0.15) is 6.10 Å². The summed E-state index contributed by atoms with van der Waals surface area (Å²) in [5.41, 5.74) is -0.949. The molecule has 0 bridgehead atoms. The zero-order valence-electron chi connectivity index (χ0n) is 11.9. The average Bonchev–Trinajstić information content (AvgIpc) is 2.38. The molecule has 0 aromatic carbocycles. The van der Waals surface area contributed by atoms with E-state index in [4.69, 9.17) is 15.3 Å². The lowest BCUT2D eigenvalue weighted by molar-refractivity contribution is -0.490. The highest BCUT2D eigenvalue weighted by atomic mass is 16.6. The van der Waals surface area contributed by atoms with E-state index in [0.29, 0.717) is 6.42 Å². The normalized spacial score (nSPS) is 21.6. The Balaban J connectivity index is 0.000000433. The lowest BCUT2D eigenvalue weighted by Crippen LogP contribution is -2.28. The van der Waals surface area contributed by atoms with E-state index < -0.39 is 28.4 Å². The van der Waals surface area contributed by atoms with Crippen molar-refractivity contribution in [3.63, 3.8) is 0 Å². The van der Waals surface area contributed by atoms with Gasteiger partial charge in [0, 0.05) is 10.5 Å². The highest BCUT2D eigenvalue weighted by molar-refractivity contribution is 5.90. The smallest absolute Gasteiger partial charge is 0.331 e. The number of carbonyl (C=O) groups is 2. The first-order valence-electron chi connectivity index (χ1n) is 6.27. The van der Waals surface area contributed by atoms with Crippen molar-refractivity contribution in [1.82, 2.24) is 0 Å². The van der Waals surface area contributed by atoms with Gasteiger partial charge in [-0.05, 0) is 19.8 Å². The lowest BCUT2D eigenvalue weighted by Gasteiger charge is -2.23. The third-order valence-corrected chi connectivity index (χ3v) is 2.91. The van der Waals surface area contributed by atoms with Crippen LogP contribution in [0.4, 0.5) is 0 Å². The fraction of sp³-hybridized carbons (Fsp3) is 0.538. The van der Waals surface area contributed by atoms with Crippen LogP contribution in [0.3, 0.4) is 0 Å². The molecule has 8 nitrogen and oxygen atoms in total. The minimum absolute atomic E-state index is 0.0359. The Morgan fingerprint density at radius 3 is 2.38 bits per heavy atom. The van der Waals surface area contributed by atoms with E-state index in [1.54, 1.807) is 6.92 Å². The predicted molar refractivity (Wildman–Crippen MR) is 73.4 cm³/mol. The van der Waals surface area contributed by atoms with Gasteiger partial charge < -0.3 is 15.3 Å². The minimum Gasteiger partial charge on any atom is -0.481 e. The van der Waals surface area contributed by atoms with Crippen LogP contribution in [0, 0.1) is 15.5 Å². The summed E-state index contributed by atoms with van der Waals surface area (Å²) in [4.78, 5) is 30.4. The molecule has 0 radical (unpaired) electrons. The lowest BCUT2D eigenvalue weighted by atomic mass is 9.80. The first-order chi connectivity index (χ1) is 9.62. The first-order valence-corrected chi connectivity index (χ1v) is 6.27. The highest BCUT2D eigenvalue weighted by Gasteiger charge is 2.34. The van der Waals surface area contributed by atoms with Crippen molar-refractivity contribution < 1.29 is 29.8 Å². The monoisotopic (exact) mass is 301 g/mol. The molecule has 1 aliphatic rings. The number of nitrogens with zero attached hydrogens (tertiary/aromatic N) is 1. The van der Waals surface area contributed by atoms with Crippen molar-refractivity contribution in [3.8, 4) is 0 Å². The maximum absolute atomic E-state index is 10.8. The molecule has 0 saturated heterocycles. The van der Waals surface area contributed by atoms with E-state index >= 15 is 0 Å². The number of carboxylic acids is 2. The van der Waals surface area contributed by atoms with Crippen LogP contribution in [-0.4, -0.2) is 44.8 Å². The summed E-state index contributed by atoms with van der Waals surface area (Å²) in [5, 5.41) is 35.7. The van der Waals surface area contributed by atoms with Crippen molar-refractivity contribution in [1.29, 1.82) is 0 Å². The summed E-state index contributed by atoms with van der Waals surface area (Å²) in [6.07, 6.45) is 4.11. The number of carboxylic acid groups (broad SMARTS) is 2. The van der Waals surface area contributed by atoms with Crippen LogP contribution >= 0.6 is 0 Å². The van der Waals surface area contributed by atoms with Crippen LogP contribution in [0.1, 0.15) is 26.7 Å². The van der Waals surface area contributed by atoms with Crippen LogP contribution in [0.5, 0.6) is 0 Å². The van der Waals surface area contributed by atoms with Gasteiger partial charge >= 0.3 is 11.9 Å². The zero-order chi connectivity index (χ0) is 16.6. The van der Waals surface area contributed by atoms with E-state index in [-0.39, 0.29) is 18.5 Å². The Morgan fingerprint density at radius 1 is 1.48 bits per heavy atom. The predicted octanol–water partition coefficient (Wildman–Crippen LogP) is 1.08. The van der Waals surface area contributed by atoms with Gasteiger partial charge in [-0.3, -0.25) is 14.9 Å². The molecule has 21 heavy (non-hydrogen) atoms. The standard InChI is InChI=1S/C9H10O4.C4H9NO3/c1-9(8(12)13)4-2-3-6(5-9)7(10)11;1-2-4(6)3-5(7)8/h2-4H,5H2,1H3,(H,10,11)(H,12,13);4,6H,2-3H2,1H3.